The second-order valence-corrected chi connectivity index (χ2v) is 8.73. The SMILES string of the molecule is Cc1ccc(S(=O)(=O)OCC2=CC=C(CC(=O)OC(C)(C)C)C2)cc1. The first-order valence-electron chi connectivity index (χ1n) is 8.10. The van der Waals surface area contributed by atoms with Gasteiger partial charge >= 0.3 is 5.97 Å². The first-order valence-corrected chi connectivity index (χ1v) is 9.51. The van der Waals surface area contributed by atoms with Crippen molar-refractivity contribution in [3.8, 4) is 0 Å². The van der Waals surface area contributed by atoms with Crippen molar-refractivity contribution < 1.29 is 22.1 Å². The Labute approximate surface area is 149 Å². The maximum atomic E-state index is 12.2. The molecular weight excluding hydrogens is 340 g/mol. The van der Waals surface area contributed by atoms with Crippen LogP contribution in [0.2, 0.25) is 0 Å². The van der Waals surface area contributed by atoms with Gasteiger partial charge < -0.3 is 4.74 Å². The first kappa shape index (κ1) is 19.4. The fourth-order valence-electron chi connectivity index (χ4n) is 2.36. The van der Waals surface area contributed by atoms with E-state index in [9.17, 15) is 13.2 Å². The highest BCUT2D eigenvalue weighted by Gasteiger charge is 2.21. The van der Waals surface area contributed by atoms with E-state index < -0.39 is 15.7 Å². The monoisotopic (exact) mass is 364 g/mol. The summed E-state index contributed by atoms with van der Waals surface area (Å²) in [6.45, 7) is 7.33. The van der Waals surface area contributed by atoms with Crippen LogP contribution in [0.15, 0.2) is 52.5 Å². The molecule has 1 aromatic carbocycles. The van der Waals surface area contributed by atoms with Crippen molar-refractivity contribution in [1.82, 2.24) is 0 Å². The van der Waals surface area contributed by atoms with Gasteiger partial charge in [-0.05, 0) is 51.8 Å². The number of ether oxygens (including phenoxy) is 1. The Morgan fingerprint density at radius 3 is 2.28 bits per heavy atom. The molecule has 0 fully saturated rings. The van der Waals surface area contributed by atoms with E-state index in [2.05, 4.69) is 0 Å². The maximum absolute atomic E-state index is 12.2. The van der Waals surface area contributed by atoms with Crippen LogP contribution >= 0.6 is 0 Å². The topological polar surface area (TPSA) is 69.7 Å². The molecule has 0 aromatic heterocycles. The minimum Gasteiger partial charge on any atom is -0.460 e. The highest BCUT2D eigenvalue weighted by Crippen LogP contribution is 2.24. The quantitative estimate of drug-likeness (QED) is 0.569. The van der Waals surface area contributed by atoms with Crippen LogP contribution in [0.4, 0.5) is 0 Å². The highest BCUT2D eigenvalue weighted by atomic mass is 32.2. The van der Waals surface area contributed by atoms with Gasteiger partial charge in [0.1, 0.15) is 5.60 Å². The summed E-state index contributed by atoms with van der Waals surface area (Å²) in [5.74, 6) is -0.290. The van der Waals surface area contributed by atoms with Gasteiger partial charge in [-0.2, -0.15) is 8.42 Å². The molecule has 0 bridgehead atoms. The standard InChI is InChI=1S/C19H24O5S/c1-14-5-9-17(10-6-14)25(21,22)23-13-16-8-7-15(11-16)12-18(20)24-19(2,3)4/h5-10H,11-13H2,1-4H3. The van der Waals surface area contributed by atoms with Gasteiger partial charge in [0, 0.05) is 0 Å². The van der Waals surface area contributed by atoms with Gasteiger partial charge in [0.2, 0.25) is 0 Å². The Bertz CT molecular complexity index is 793. The molecule has 0 atom stereocenters. The smallest absolute Gasteiger partial charge is 0.310 e. The Morgan fingerprint density at radius 2 is 1.68 bits per heavy atom. The van der Waals surface area contributed by atoms with Crippen LogP contribution in [0.25, 0.3) is 0 Å². The van der Waals surface area contributed by atoms with E-state index in [1.54, 1.807) is 18.2 Å². The fraction of sp³-hybridized carbons (Fsp3) is 0.421. The largest absolute Gasteiger partial charge is 0.460 e. The summed E-state index contributed by atoms with van der Waals surface area (Å²) in [5.41, 5.74) is 2.17. The van der Waals surface area contributed by atoms with Crippen LogP contribution < -0.4 is 0 Å². The van der Waals surface area contributed by atoms with Gasteiger partial charge in [-0.15, -0.1) is 0 Å². The molecule has 0 N–H and O–H groups in total. The number of carbonyl (C=O) groups excluding carboxylic acids is 1. The summed E-state index contributed by atoms with van der Waals surface area (Å²) < 4.78 is 34.8. The summed E-state index contributed by atoms with van der Waals surface area (Å²) in [6, 6.07) is 6.51. The van der Waals surface area contributed by atoms with Crippen molar-refractivity contribution in [3.05, 3.63) is 53.1 Å². The summed E-state index contributed by atoms with van der Waals surface area (Å²) in [7, 11) is -3.78. The molecule has 0 amide bonds. The number of aryl methyl sites for hydroxylation is 1. The van der Waals surface area contributed by atoms with Crippen molar-refractivity contribution >= 4 is 16.1 Å². The minimum absolute atomic E-state index is 0.0233. The molecule has 0 radical (unpaired) electrons. The predicted molar refractivity (Wildman–Crippen MR) is 95.6 cm³/mol. The average Bonchev–Trinajstić information content (AvgIpc) is 2.91. The van der Waals surface area contributed by atoms with E-state index in [0.717, 1.165) is 16.7 Å². The first-order chi connectivity index (χ1) is 11.5. The van der Waals surface area contributed by atoms with Gasteiger partial charge in [0.05, 0.1) is 17.9 Å². The second kappa shape index (κ2) is 7.54. The molecular formula is C19H24O5S. The Balaban J connectivity index is 1.84. The molecule has 0 heterocycles. The summed E-state index contributed by atoms with van der Waals surface area (Å²) in [4.78, 5) is 12.0. The van der Waals surface area contributed by atoms with Crippen molar-refractivity contribution in [2.24, 2.45) is 0 Å². The lowest BCUT2D eigenvalue weighted by Crippen LogP contribution is -2.23. The van der Waals surface area contributed by atoms with E-state index in [0.29, 0.717) is 6.42 Å². The Morgan fingerprint density at radius 1 is 1.08 bits per heavy atom. The molecule has 0 saturated carbocycles. The molecule has 136 valence electrons. The van der Waals surface area contributed by atoms with E-state index in [1.807, 2.05) is 33.8 Å². The zero-order chi connectivity index (χ0) is 18.7. The van der Waals surface area contributed by atoms with Crippen LogP contribution in [-0.4, -0.2) is 26.6 Å². The van der Waals surface area contributed by atoms with Crippen LogP contribution in [0.1, 0.15) is 39.2 Å². The normalized spacial score (nSPS) is 14.9. The molecule has 1 aliphatic rings. The molecule has 5 nitrogen and oxygen atoms in total. The molecule has 6 heteroatoms. The van der Waals surface area contributed by atoms with E-state index in [-0.39, 0.29) is 23.9 Å². The van der Waals surface area contributed by atoms with E-state index in [4.69, 9.17) is 8.92 Å². The lowest BCUT2D eigenvalue weighted by atomic mass is 10.1. The third-order valence-electron chi connectivity index (χ3n) is 3.51. The zero-order valence-electron chi connectivity index (χ0n) is 15.0. The van der Waals surface area contributed by atoms with Crippen molar-refractivity contribution in [1.29, 1.82) is 0 Å². The molecule has 0 aliphatic heterocycles. The van der Waals surface area contributed by atoms with Gasteiger partial charge in [0.25, 0.3) is 10.1 Å². The third kappa shape index (κ3) is 6.14. The third-order valence-corrected chi connectivity index (χ3v) is 4.79. The van der Waals surface area contributed by atoms with Gasteiger partial charge in [-0.1, -0.05) is 35.4 Å². The predicted octanol–water partition coefficient (Wildman–Crippen LogP) is 3.69. The number of allylic oxidation sites excluding steroid dienone is 2. The molecule has 1 aliphatic carbocycles. The summed E-state index contributed by atoms with van der Waals surface area (Å²) in [5, 5.41) is 0. The van der Waals surface area contributed by atoms with Gasteiger partial charge in [-0.25, -0.2) is 0 Å². The minimum atomic E-state index is -3.78. The number of carbonyl (C=O) groups is 1. The Hall–Kier alpha value is -1.92. The van der Waals surface area contributed by atoms with Gasteiger partial charge in [-0.3, -0.25) is 8.98 Å². The number of benzene rings is 1. The molecule has 1 aromatic rings. The molecule has 0 spiro atoms. The van der Waals surface area contributed by atoms with Crippen LogP contribution in [0, 0.1) is 6.92 Å². The molecule has 0 saturated heterocycles. The fourth-order valence-corrected chi connectivity index (χ4v) is 3.27. The number of hydrogen-bond donors (Lipinski definition) is 0. The Kier molecular flexibility index (Phi) is 5.85. The van der Waals surface area contributed by atoms with Crippen molar-refractivity contribution in [2.45, 2.75) is 51.0 Å². The number of rotatable bonds is 6. The van der Waals surface area contributed by atoms with Crippen LogP contribution in [-0.2, 0) is 23.8 Å². The zero-order valence-corrected chi connectivity index (χ0v) is 15.9. The highest BCUT2D eigenvalue weighted by molar-refractivity contribution is 7.86. The van der Waals surface area contributed by atoms with Gasteiger partial charge in [0.15, 0.2) is 0 Å². The number of esters is 1. The molecule has 25 heavy (non-hydrogen) atoms. The van der Waals surface area contributed by atoms with E-state index >= 15 is 0 Å². The van der Waals surface area contributed by atoms with E-state index in [1.165, 1.54) is 12.1 Å². The van der Waals surface area contributed by atoms with Crippen LogP contribution in [0.5, 0.6) is 0 Å². The lowest BCUT2D eigenvalue weighted by Gasteiger charge is -2.19. The summed E-state index contributed by atoms with van der Waals surface area (Å²) in [6.07, 6.45) is 4.33. The number of hydrogen-bond acceptors (Lipinski definition) is 5. The summed E-state index contributed by atoms with van der Waals surface area (Å²) >= 11 is 0. The van der Waals surface area contributed by atoms with Crippen LogP contribution in [0.3, 0.4) is 0 Å². The molecule has 2 rings (SSSR count). The van der Waals surface area contributed by atoms with Crippen molar-refractivity contribution in [3.63, 3.8) is 0 Å². The van der Waals surface area contributed by atoms with Crippen molar-refractivity contribution in [2.75, 3.05) is 6.61 Å². The average molecular weight is 364 g/mol. The molecule has 0 unspecified atom stereocenters. The lowest BCUT2D eigenvalue weighted by molar-refractivity contribution is -0.153. The second-order valence-electron chi connectivity index (χ2n) is 7.12. The maximum Gasteiger partial charge on any atom is 0.310 e.